The zero-order valence-electron chi connectivity index (χ0n) is 11.2. The Kier molecular flexibility index (Phi) is 5.81. The summed E-state index contributed by atoms with van der Waals surface area (Å²) in [6.07, 6.45) is 4.36. The number of pyridine rings is 1. The molecule has 0 saturated carbocycles. The van der Waals surface area contributed by atoms with Gasteiger partial charge in [-0.1, -0.05) is 13.0 Å². The lowest BCUT2D eigenvalue weighted by Gasteiger charge is -2.23. The van der Waals surface area contributed by atoms with Gasteiger partial charge in [-0.3, -0.25) is 0 Å². The van der Waals surface area contributed by atoms with Crippen LogP contribution >= 0.6 is 11.8 Å². The van der Waals surface area contributed by atoms with Gasteiger partial charge in [0.05, 0.1) is 0 Å². The van der Waals surface area contributed by atoms with E-state index in [2.05, 4.69) is 40.0 Å². The summed E-state index contributed by atoms with van der Waals surface area (Å²) in [5, 5.41) is 3.47. The van der Waals surface area contributed by atoms with Crippen LogP contribution in [0.4, 0.5) is 5.82 Å². The molecule has 2 heterocycles. The molecule has 2 rings (SSSR count). The van der Waals surface area contributed by atoms with Gasteiger partial charge in [-0.2, -0.15) is 11.8 Å². The Morgan fingerprint density at radius 1 is 1.39 bits per heavy atom. The van der Waals surface area contributed by atoms with Gasteiger partial charge >= 0.3 is 0 Å². The lowest BCUT2D eigenvalue weighted by molar-refractivity contribution is 0.669. The van der Waals surface area contributed by atoms with Crippen molar-refractivity contribution in [2.75, 3.05) is 36.0 Å². The number of nitrogens with one attached hydrogen (secondary N) is 1. The minimum Gasteiger partial charge on any atom is -0.355 e. The molecule has 1 fully saturated rings. The fourth-order valence-electron chi connectivity index (χ4n) is 2.21. The predicted molar refractivity (Wildman–Crippen MR) is 80.4 cm³/mol. The quantitative estimate of drug-likeness (QED) is 0.828. The lowest BCUT2D eigenvalue weighted by atomic mass is 10.2. The fraction of sp³-hybridized carbons (Fsp3) is 0.643. The van der Waals surface area contributed by atoms with Crippen molar-refractivity contribution in [3.8, 4) is 0 Å². The molecule has 0 amide bonds. The summed E-state index contributed by atoms with van der Waals surface area (Å²) < 4.78 is 0. The SMILES string of the molecule is CCCNCc1cccnc1N1CCCSCC1. The van der Waals surface area contributed by atoms with Crippen LogP contribution in [-0.2, 0) is 6.54 Å². The Morgan fingerprint density at radius 2 is 2.33 bits per heavy atom. The summed E-state index contributed by atoms with van der Waals surface area (Å²) in [7, 11) is 0. The molecular formula is C14H23N3S. The van der Waals surface area contributed by atoms with Crippen LogP contribution < -0.4 is 10.2 Å². The minimum atomic E-state index is 0.931. The van der Waals surface area contributed by atoms with E-state index in [9.17, 15) is 0 Å². The largest absolute Gasteiger partial charge is 0.355 e. The number of aromatic nitrogens is 1. The number of thioether (sulfide) groups is 1. The highest BCUT2D eigenvalue weighted by molar-refractivity contribution is 7.99. The first kappa shape index (κ1) is 13.7. The molecule has 0 aromatic carbocycles. The van der Waals surface area contributed by atoms with Crippen LogP contribution in [0.5, 0.6) is 0 Å². The molecule has 1 saturated heterocycles. The highest BCUT2D eigenvalue weighted by Gasteiger charge is 2.14. The average Bonchev–Trinajstić information content (AvgIpc) is 2.68. The van der Waals surface area contributed by atoms with E-state index in [1.165, 1.54) is 35.7 Å². The summed E-state index contributed by atoms with van der Waals surface area (Å²) >= 11 is 2.06. The molecule has 4 heteroatoms. The standard InChI is InChI=1S/C14H23N3S/c1-2-6-15-12-13-5-3-7-16-14(13)17-8-4-10-18-11-9-17/h3,5,7,15H,2,4,6,8-12H2,1H3. The van der Waals surface area contributed by atoms with E-state index in [4.69, 9.17) is 0 Å². The van der Waals surface area contributed by atoms with Crippen molar-refractivity contribution >= 4 is 17.6 Å². The van der Waals surface area contributed by atoms with Crippen LogP contribution in [0.15, 0.2) is 18.3 Å². The number of anilines is 1. The average molecular weight is 265 g/mol. The molecule has 1 aliphatic heterocycles. The maximum Gasteiger partial charge on any atom is 0.133 e. The van der Waals surface area contributed by atoms with Crippen molar-refractivity contribution in [1.82, 2.24) is 10.3 Å². The van der Waals surface area contributed by atoms with Crippen LogP contribution in [0.3, 0.4) is 0 Å². The van der Waals surface area contributed by atoms with Crippen molar-refractivity contribution in [2.24, 2.45) is 0 Å². The molecule has 100 valence electrons. The first-order chi connectivity index (χ1) is 8.92. The van der Waals surface area contributed by atoms with E-state index in [1.54, 1.807) is 0 Å². The van der Waals surface area contributed by atoms with Gasteiger partial charge in [0.25, 0.3) is 0 Å². The first-order valence-corrected chi connectivity index (χ1v) is 8.04. The van der Waals surface area contributed by atoms with E-state index >= 15 is 0 Å². The Labute approximate surface area is 114 Å². The Balaban J connectivity index is 2.05. The zero-order valence-corrected chi connectivity index (χ0v) is 12.0. The summed E-state index contributed by atoms with van der Waals surface area (Å²) in [6.45, 7) is 6.47. The molecule has 1 N–H and O–H groups in total. The fourth-order valence-corrected chi connectivity index (χ4v) is 3.10. The van der Waals surface area contributed by atoms with Gasteiger partial charge in [-0.15, -0.1) is 0 Å². The summed E-state index contributed by atoms with van der Waals surface area (Å²) in [6, 6.07) is 4.24. The number of hydrogen-bond acceptors (Lipinski definition) is 4. The third-order valence-electron chi connectivity index (χ3n) is 3.13. The number of nitrogens with zero attached hydrogens (tertiary/aromatic N) is 2. The monoisotopic (exact) mass is 265 g/mol. The molecule has 0 aliphatic carbocycles. The summed E-state index contributed by atoms with van der Waals surface area (Å²) in [4.78, 5) is 7.05. The topological polar surface area (TPSA) is 28.2 Å². The van der Waals surface area contributed by atoms with Crippen molar-refractivity contribution in [3.63, 3.8) is 0 Å². The second-order valence-corrected chi connectivity index (χ2v) is 5.84. The molecule has 0 spiro atoms. The highest BCUT2D eigenvalue weighted by Crippen LogP contribution is 2.20. The first-order valence-electron chi connectivity index (χ1n) is 6.89. The summed E-state index contributed by atoms with van der Waals surface area (Å²) in [5.41, 5.74) is 1.33. The van der Waals surface area contributed by atoms with Gasteiger partial charge in [0.15, 0.2) is 0 Å². The Morgan fingerprint density at radius 3 is 3.22 bits per heavy atom. The molecule has 0 bridgehead atoms. The number of hydrogen-bond donors (Lipinski definition) is 1. The van der Waals surface area contributed by atoms with Crippen molar-refractivity contribution < 1.29 is 0 Å². The van der Waals surface area contributed by atoms with Crippen LogP contribution in [-0.4, -0.2) is 36.1 Å². The van der Waals surface area contributed by atoms with E-state index < -0.39 is 0 Å². The van der Waals surface area contributed by atoms with Gasteiger partial charge in [0.2, 0.25) is 0 Å². The Bertz CT molecular complexity index is 349. The van der Waals surface area contributed by atoms with Crippen LogP contribution in [0.2, 0.25) is 0 Å². The van der Waals surface area contributed by atoms with Crippen LogP contribution in [0, 0.1) is 0 Å². The molecule has 0 unspecified atom stereocenters. The normalized spacial score (nSPS) is 16.6. The predicted octanol–water partition coefficient (Wildman–Crippen LogP) is 2.52. The number of rotatable bonds is 5. The third kappa shape index (κ3) is 3.89. The molecule has 1 aromatic rings. The van der Waals surface area contributed by atoms with E-state index in [-0.39, 0.29) is 0 Å². The molecule has 0 radical (unpaired) electrons. The van der Waals surface area contributed by atoms with Crippen molar-refractivity contribution in [1.29, 1.82) is 0 Å². The molecule has 3 nitrogen and oxygen atoms in total. The van der Waals surface area contributed by atoms with Crippen LogP contribution in [0.1, 0.15) is 25.3 Å². The maximum atomic E-state index is 4.60. The third-order valence-corrected chi connectivity index (χ3v) is 4.18. The van der Waals surface area contributed by atoms with E-state index in [0.717, 1.165) is 26.2 Å². The van der Waals surface area contributed by atoms with Gasteiger partial charge in [-0.25, -0.2) is 4.98 Å². The van der Waals surface area contributed by atoms with E-state index in [1.807, 2.05) is 12.3 Å². The molecular weight excluding hydrogens is 242 g/mol. The highest BCUT2D eigenvalue weighted by atomic mass is 32.2. The minimum absolute atomic E-state index is 0.931. The van der Waals surface area contributed by atoms with Crippen molar-refractivity contribution in [3.05, 3.63) is 23.9 Å². The second-order valence-electron chi connectivity index (χ2n) is 4.62. The van der Waals surface area contributed by atoms with Gasteiger partial charge in [-0.05, 0) is 31.2 Å². The molecule has 1 aliphatic rings. The molecule has 18 heavy (non-hydrogen) atoms. The summed E-state index contributed by atoms with van der Waals surface area (Å²) in [5.74, 6) is 3.69. The zero-order chi connectivity index (χ0) is 12.6. The van der Waals surface area contributed by atoms with Gasteiger partial charge in [0, 0.05) is 37.1 Å². The maximum absolute atomic E-state index is 4.60. The molecule has 1 aromatic heterocycles. The second kappa shape index (κ2) is 7.64. The van der Waals surface area contributed by atoms with Crippen molar-refractivity contribution in [2.45, 2.75) is 26.3 Å². The Hall–Kier alpha value is -0.740. The van der Waals surface area contributed by atoms with Crippen LogP contribution in [0.25, 0.3) is 0 Å². The van der Waals surface area contributed by atoms with Gasteiger partial charge < -0.3 is 10.2 Å². The smallest absolute Gasteiger partial charge is 0.133 e. The van der Waals surface area contributed by atoms with E-state index in [0.29, 0.717) is 0 Å². The lowest BCUT2D eigenvalue weighted by Crippen LogP contribution is -2.28. The molecule has 0 atom stereocenters. The van der Waals surface area contributed by atoms with Gasteiger partial charge in [0.1, 0.15) is 5.82 Å².